The van der Waals surface area contributed by atoms with Crippen LogP contribution in [0.3, 0.4) is 0 Å². The Morgan fingerprint density at radius 2 is 1.67 bits per heavy atom. The van der Waals surface area contributed by atoms with Crippen LogP contribution in [-0.2, 0) is 0 Å². The Morgan fingerprint density at radius 3 is 2.38 bits per heavy atom. The number of aromatic nitrogens is 4. The summed E-state index contributed by atoms with van der Waals surface area (Å²) in [5.41, 5.74) is 1.19. The van der Waals surface area contributed by atoms with Gasteiger partial charge in [0, 0.05) is 12.4 Å². The number of anilines is 1. The van der Waals surface area contributed by atoms with Gasteiger partial charge in [0.05, 0.1) is 6.04 Å². The average molecular weight is 279 g/mol. The van der Waals surface area contributed by atoms with E-state index in [1.54, 1.807) is 0 Å². The minimum absolute atomic E-state index is 0.130. The first-order valence-corrected chi connectivity index (χ1v) is 6.90. The van der Waals surface area contributed by atoms with Crippen molar-refractivity contribution in [3.8, 4) is 5.95 Å². The summed E-state index contributed by atoms with van der Waals surface area (Å²) in [6, 6.07) is 14.2. The summed E-state index contributed by atoms with van der Waals surface area (Å²) in [4.78, 5) is 13.2. The number of hydrogen-bond acceptors (Lipinski definition) is 4. The zero-order chi connectivity index (χ0) is 14.7. The number of hydrogen-bond donors (Lipinski definition) is 1. The highest BCUT2D eigenvalue weighted by molar-refractivity contribution is 5.33. The lowest BCUT2D eigenvalue weighted by Gasteiger charge is -2.15. The first-order valence-electron chi connectivity index (χ1n) is 6.90. The number of nitrogens with zero attached hydrogens (tertiary/aromatic N) is 4. The molecule has 1 atom stereocenters. The van der Waals surface area contributed by atoms with Crippen molar-refractivity contribution in [2.75, 3.05) is 5.32 Å². The molecule has 0 bridgehead atoms. The van der Waals surface area contributed by atoms with E-state index < -0.39 is 0 Å². The van der Waals surface area contributed by atoms with E-state index in [0.29, 0.717) is 17.7 Å². The van der Waals surface area contributed by atoms with E-state index in [9.17, 15) is 0 Å². The molecule has 3 rings (SSSR count). The first-order chi connectivity index (χ1) is 10.2. The highest BCUT2D eigenvalue weighted by Gasteiger charge is 2.09. The molecule has 106 valence electrons. The topological polar surface area (TPSA) is 55.6 Å². The Morgan fingerprint density at radius 1 is 0.952 bits per heavy atom. The summed E-state index contributed by atoms with van der Waals surface area (Å²) in [5, 5.41) is 3.33. The zero-order valence-electron chi connectivity index (χ0n) is 12.1. The summed E-state index contributed by atoms with van der Waals surface area (Å²) >= 11 is 0. The van der Waals surface area contributed by atoms with Crippen molar-refractivity contribution in [2.24, 2.45) is 0 Å². The van der Waals surface area contributed by atoms with E-state index in [-0.39, 0.29) is 6.04 Å². The van der Waals surface area contributed by atoms with Gasteiger partial charge in [0.1, 0.15) is 5.82 Å². The Hall–Kier alpha value is -2.69. The lowest BCUT2D eigenvalue weighted by atomic mass is 10.1. The summed E-state index contributed by atoms with van der Waals surface area (Å²) in [6.45, 7) is 3.96. The number of rotatable bonds is 4. The van der Waals surface area contributed by atoms with Crippen molar-refractivity contribution >= 4 is 5.95 Å². The molecule has 5 nitrogen and oxygen atoms in total. The van der Waals surface area contributed by atoms with Crippen molar-refractivity contribution < 1.29 is 0 Å². The van der Waals surface area contributed by atoms with E-state index in [1.165, 1.54) is 5.56 Å². The molecule has 1 aromatic carbocycles. The molecule has 2 heterocycles. The maximum atomic E-state index is 4.47. The van der Waals surface area contributed by atoms with Crippen molar-refractivity contribution in [3.63, 3.8) is 0 Å². The average Bonchev–Trinajstić information content (AvgIpc) is 3.02. The van der Waals surface area contributed by atoms with Crippen molar-refractivity contribution in [1.29, 1.82) is 0 Å². The molecule has 0 spiro atoms. The Bertz CT molecular complexity index is 707. The predicted molar refractivity (Wildman–Crippen MR) is 82.4 cm³/mol. The van der Waals surface area contributed by atoms with Gasteiger partial charge >= 0.3 is 0 Å². The number of nitrogens with one attached hydrogen (secondary N) is 1. The SMILES string of the molecule is Cc1nc(N[C@H](C)c2ccccc2)nc(-n2cccc2)n1. The molecule has 0 fully saturated rings. The Balaban J connectivity index is 1.86. The van der Waals surface area contributed by atoms with Crippen LogP contribution in [0.4, 0.5) is 5.95 Å². The van der Waals surface area contributed by atoms with Crippen LogP contribution in [0.25, 0.3) is 5.95 Å². The first kappa shape index (κ1) is 13.3. The molecule has 0 aliphatic carbocycles. The van der Waals surface area contributed by atoms with Gasteiger partial charge in [-0.3, -0.25) is 4.57 Å². The van der Waals surface area contributed by atoms with Crippen LogP contribution >= 0.6 is 0 Å². The zero-order valence-corrected chi connectivity index (χ0v) is 12.1. The van der Waals surface area contributed by atoms with Crippen molar-refractivity contribution in [2.45, 2.75) is 19.9 Å². The largest absolute Gasteiger partial charge is 0.348 e. The van der Waals surface area contributed by atoms with Crippen LogP contribution in [-0.4, -0.2) is 19.5 Å². The van der Waals surface area contributed by atoms with Crippen LogP contribution < -0.4 is 5.32 Å². The molecule has 0 saturated heterocycles. The smallest absolute Gasteiger partial charge is 0.238 e. The molecule has 0 saturated carbocycles. The van der Waals surface area contributed by atoms with Crippen LogP contribution in [0.1, 0.15) is 24.4 Å². The van der Waals surface area contributed by atoms with E-state index >= 15 is 0 Å². The summed E-state index contributed by atoms with van der Waals surface area (Å²) in [5.74, 6) is 1.90. The Labute approximate surface area is 123 Å². The molecule has 0 radical (unpaired) electrons. The third-order valence-electron chi connectivity index (χ3n) is 3.22. The van der Waals surface area contributed by atoms with E-state index in [4.69, 9.17) is 0 Å². The second-order valence-corrected chi connectivity index (χ2v) is 4.87. The molecule has 21 heavy (non-hydrogen) atoms. The van der Waals surface area contributed by atoms with Gasteiger partial charge in [-0.25, -0.2) is 0 Å². The highest BCUT2D eigenvalue weighted by Crippen LogP contribution is 2.16. The van der Waals surface area contributed by atoms with Gasteiger partial charge < -0.3 is 5.32 Å². The van der Waals surface area contributed by atoms with Gasteiger partial charge in [-0.15, -0.1) is 0 Å². The van der Waals surface area contributed by atoms with E-state index in [2.05, 4.69) is 39.3 Å². The highest BCUT2D eigenvalue weighted by atomic mass is 15.2. The molecular weight excluding hydrogens is 262 g/mol. The lowest BCUT2D eigenvalue weighted by molar-refractivity contribution is 0.821. The van der Waals surface area contributed by atoms with E-state index in [0.717, 1.165) is 0 Å². The molecule has 5 heteroatoms. The van der Waals surface area contributed by atoms with Crippen LogP contribution in [0.15, 0.2) is 54.9 Å². The molecule has 0 aliphatic rings. The monoisotopic (exact) mass is 279 g/mol. The standard InChI is InChI=1S/C16H17N5/c1-12(14-8-4-3-5-9-14)17-15-18-13(2)19-16(20-15)21-10-6-7-11-21/h3-12H,1-2H3,(H,17,18,19,20)/t12-/m1/s1. The summed E-state index contributed by atoms with van der Waals surface area (Å²) in [6.07, 6.45) is 3.83. The van der Waals surface area contributed by atoms with E-state index in [1.807, 2.05) is 54.2 Å². The molecular formula is C16H17N5. The van der Waals surface area contributed by atoms with Gasteiger partial charge in [-0.1, -0.05) is 30.3 Å². The second-order valence-electron chi connectivity index (χ2n) is 4.87. The fraction of sp³-hybridized carbons (Fsp3) is 0.188. The van der Waals surface area contributed by atoms with Crippen LogP contribution in [0.2, 0.25) is 0 Å². The van der Waals surface area contributed by atoms with Gasteiger partial charge in [-0.2, -0.15) is 15.0 Å². The predicted octanol–water partition coefficient (Wildman–Crippen LogP) is 3.14. The molecule has 1 N–H and O–H groups in total. The van der Waals surface area contributed by atoms with Gasteiger partial charge in [-0.05, 0) is 31.5 Å². The molecule has 3 aromatic rings. The maximum absolute atomic E-state index is 4.47. The fourth-order valence-electron chi connectivity index (χ4n) is 2.13. The van der Waals surface area contributed by atoms with Gasteiger partial charge in [0.25, 0.3) is 0 Å². The third-order valence-corrected chi connectivity index (χ3v) is 3.22. The lowest BCUT2D eigenvalue weighted by Crippen LogP contribution is -2.12. The van der Waals surface area contributed by atoms with Gasteiger partial charge in [0.2, 0.25) is 11.9 Å². The summed E-state index contributed by atoms with van der Waals surface area (Å²) in [7, 11) is 0. The minimum atomic E-state index is 0.130. The van der Waals surface area contributed by atoms with Crippen molar-refractivity contribution in [1.82, 2.24) is 19.5 Å². The Kier molecular flexibility index (Phi) is 3.64. The van der Waals surface area contributed by atoms with Crippen LogP contribution in [0, 0.1) is 6.92 Å². The molecule has 0 aliphatic heterocycles. The molecule has 2 aromatic heterocycles. The van der Waals surface area contributed by atoms with Crippen LogP contribution in [0.5, 0.6) is 0 Å². The van der Waals surface area contributed by atoms with Crippen molar-refractivity contribution in [3.05, 3.63) is 66.2 Å². The molecule has 0 unspecified atom stereocenters. The fourth-order valence-corrected chi connectivity index (χ4v) is 2.13. The number of benzene rings is 1. The second kappa shape index (κ2) is 5.75. The van der Waals surface area contributed by atoms with Gasteiger partial charge in [0.15, 0.2) is 0 Å². The quantitative estimate of drug-likeness (QED) is 0.797. The summed E-state index contributed by atoms with van der Waals surface area (Å²) < 4.78 is 1.87. The normalized spacial score (nSPS) is 12.1. The molecule has 0 amide bonds. The minimum Gasteiger partial charge on any atom is -0.348 e. The third kappa shape index (κ3) is 3.08. The number of aryl methyl sites for hydroxylation is 1. The maximum Gasteiger partial charge on any atom is 0.238 e.